The van der Waals surface area contributed by atoms with Gasteiger partial charge in [-0.15, -0.1) is 11.6 Å². The number of halogens is 3. The van der Waals surface area contributed by atoms with Crippen LogP contribution in [0.15, 0.2) is 36.4 Å². The molecule has 2 aromatic carbocycles. The van der Waals surface area contributed by atoms with E-state index in [1.807, 2.05) is 19.1 Å². The molecule has 94 valence electrons. The van der Waals surface area contributed by atoms with Gasteiger partial charge in [0.25, 0.3) is 0 Å². The Balaban J connectivity index is 2.33. The summed E-state index contributed by atoms with van der Waals surface area (Å²) in [6.07, 6.45) is 0. The highest BCUT2D eigenvalue weighted by atomic mass is 35.5. The van der Waals surface area contributed by atoms with Crippen molar-refractivity contribution < 1.29 is 13.5 Å². The first-order valence-corrected chi connectivity index (χ1v) is 5.92. The number of rotatable bonds is 3. The fourth-order valence-corrected chi connectivity index (χ4v) is 1.80. The molecule has 0 aliphatic rings. The first-order chi connectivity index (χ1) is 8.60. The molecule has 0 saturated carbocycles. The molecule has 0 bridgehead atoms. The van der Waals surface area contributed by atoms with E-state index in [1.165, 1.54) is 6.07 Å². The first kappa shape index (κ1) is 12.8. The zero-order chi connectivity index (χ0) is 13.1. The first-order valence-electron chi connectivity index (χ1n) is 5.38. The second kappa shape index (κ2) is 5.36. The standard InChI is InChI=1S/C14H11ClF2O/c1-9-2-4-13(10(6-9)8-15)18-14-5-3-11(16)7-12(14)17/h2-7H,8H2,1H3. The topological polar surface area (TPSA) is 9.23 Å². The third kappa shape index (κ3) is 2.79. The van der Waals surface area contributed by atoms with Gasteiger partial charge in [-0.1, -0.05) is 17.7 Å². The number of hydrogen-bond acceptors (Lipinski definition) is 1. The summed E-state index contributed by atoms with van der Waals surface area (Å²) in [5.41, 5.74) is 1.80. The molecule has 0 aromatic heterocycles. The normalized spacial score (nSPS) is 10.4. The highest BCUT2D eigenvalue weighted by molar-refractivity contribution is 6.17. The van der Waals surface area contributed by atoms with Crippen LogP contribution < -0.4 is 4.74 Å². The summed E-state index contributed by atoms with van der Waals surface area (Å²) in [6, 6.07) is 8.60. The van der Waals surface area contributed by atoms with Crippen molar-refractivity contribution in [2.75, 3.05) is 0 Å². The maximum Gasteiger partial charge on any atom is 0.168 e. The van der Waals surface area contributed by atoms with E-state index in [-0.39, 0.29) is 11.6 Å². The van der Waals surface area contributed by atoms with Gasteiger partial charge < -0.3 is 4.74 Å². The van der Waals surface area contributed by atoms with Gasteiger partial charge >= 0.3 is 0 Å². The highest BCUT2D eigenvalue weighted by Crippen LogP contribution is 2.29. The van der Waals surface area contributed by atoms with Crippen LogP contribution in [0.2, 0.25) is 0 Å². The number of aryl methyl sites for hydroxylation is 1. The predicted octanol–water partition coefficient (Wildman–Crippen LogP) is 4.80. The average molecular weight is 269 g/mol. The molecule has 0 spiro atoms. The van der Waals surface area contributed by atoms with E-state index in [0.29, 0.717) is 5.75 Å². The minimum atomic E-state index is -0.740. The highest BCUT2D eigenvalue weighted by Gasteiger charge is 2.09. The van der Waals surface area contributed by atoms with E-state index in [1.54, 1.807) is 6.07 Å². The van der Waals surface area contributed by atoms with Gasteiger partial charge in [0.05, 0.1) is 5.88 Å². The lowest BCUT2D eigenvalue weighted by Crippen LogP contribution is -1.93. The Bertz CT molecular complexity index is 570. The molecule has 2 aromatic rings. The summed E-state index contributed by atoms with van der Waals surface area (Å²) in [5, 5.41) is 0. The quantitative estimate of drug-likeness (QED) is 0.726. The number of alkyl halides is 1. The molecule has 0 radical (unpaired) electrons. The molecular formula is C14H11ClF2O. The Hall–Kier alpha value is -1.61. The fourth-order valence-electron chi connectivity index (χ4n) is 1.59. The van der Waals surface area contributed by atoms with Gasteiger partial charge in [0, 0.05) is 11.6 Å². The molecule has 1 nitrogen and oxygen atoms in total. The number of ether oxygens (including phenoxy) is 1. The lowest BCUT2D eigenvalue weighted by Gasteiger charge is -2.11. The van der Waals surface area contributed by atoms with Crippen molar-refractivity contribution in [3.8, 4) is 11.5 Å². The van der Waals surface area contributed by atoms with Crippen LogP contribution in [-0.4, -0.2) is 0 Å². The Morgan fingerprint density at radius 1 is 1.06 bits per heavy atom. The van der Waals surface area contributed by atoms with Crippen molar-refractivity contribution >= 4 is 11.6 Å². The Morgan fingerprint density at radius 2 is 1.78 bits per heavy atom. The largest absolute Gasteiger partial charge is 0.454 e. The van der Waals surface area contributed by atoms with E-state index >= 15 is 0 Å². The Kier molecular flexibility index (Phi) is 3.82. The molecule has 0 unspecified atom stereocenters. The second-order valence-corrected chi connectivity index (χ2v) is 4.19. The van der Waals surface area contributed by atoms with Crippen LogP contribution in [-0.2, 0) is 5.88 Å². The summed E-state index contributed by atoms with van der Waals surface area (Å²) in [6.45, 7) is 1.93. The molecule has 4 heteroatoms. The zero-order valence-corrected chi connectivity index (χ0v) is 10.5. The Labute approximate surface area is 109 Å². The van der Waals surface area contributed by atoms with Gasteiger partial charge in [-0.05, 0) is 25.1 Å². The lowest BCUT2D eigenvalue weighted by atomic mass is 10.1. The minimum Gasteiger partial charge on any atom is -0.454 e. The van der Waals surface area contributed by atoms with Crippen molar-refractivity contribution in [1.29, 1.82) is 0 Å². The molecular weight excluding hydrogens is 258 g/mol. The molecule has 0 atom stereocenters. The summed E-state index contributed by atoms with van der Waals surface area (Å²) in [7, 11) is 0. The monoisotopic (exact) mass is 268 g/mol. The van der Waals surface area contributed by atoms with E-state index in [4.69, 9.17) is 16.3 Å². The van der Waals surface area contributed by atoms with E-state index in [0.717, 1.165) is 23.3 Å². The predicted molar refractivity (Wildman–Crippen MR) is 67.2 cm³/mol. The van der Waals surface area contributed by atoms with Crippen LogP contribution in [0.25, 0.3) is 0 Å². The van der Waals surface area contributed by atoms with Gasteiger partial charge in [-0.25, -0.2) is 8.78 Å². The lowest BCUT2D eigenvalue weighted by molar-refractivity contribution is 0.434. The van der Waals surface area contributed by atoms with Crippen LogP contribution in [0.5, 0.6) is 11.5 Å². The summed E-state index contributed by atoms with van der Waals surface area (Å²) in [4.78, 5) is 0. The van der Waals surface area contributed by atoms with Crippen molar-refractivity contribution in [1.82, 2.24) is 0 Å². The third-order valence-corrected chi connectivity index (χ3v) is 2.76. The SMILES string of the molecule is Cc1ccc(Oc2ccc(F)cc2F)c(CCl)c1. The van der Waals surface area contributed by atoms with Gasteiger partial charge in [0.2, 0.25) is 0 Å². The second-order valence-electron chi connectivity index (χ2n) is 3.92. The van der Waals surface area contributed by atoms with Crippen molar-refractivity contribution in [2.45, 2.75) is 12.8 Å². The van der Waals surface area contributed by atoms with Gasteiger partial charge in [0.1, 0.15) is 11.6 Å². The molecule has 0 amide bonds. The van der Waals surface area contributed by atoms with E-state index < -0.39 is 11.6 Å². The molecule has 0 aliphatic heterocycles. The number of benzene rings is 2. The summed E-state index contributed by atoms with van der Waals surface area (Å²) < 4.78 is 31.6. The summed E-state index contributed by atoms with van der Waals surface area (Å²) in [5.74, 6) is -0.662. The minimum absolute atomic E-state index is 0.0216. The zero-order valence-electron chi connectivity index (χ0n) is 9.71. The summed E-state index contributed by atoms with van der Waals surface area (Å²) >= 11 is 5.80. The molecule has 0 saturated heterocycles. The van der Waals surface area contributed by atoms with Crippen LogP contribution in [0.3, 0.4) is 0 Å². The van der Waals surface area contributed by atoms with Crippen molar-refractivity contribution in [3.05, 3.63) is 59.2 Å². The van der Waals surface area contributed by atoms with E-state index in [9.17, 15) is 8.78 Å². The molecule has 0 heterocycles. The van der Waals surface area contributed by atoms with Gasteiger partial charge in [0.15, 0.2) is 11.6 Å². The Morgan fingerprint density at radius 3 is 2.44 bits per heavy atom. The van der Waals surface area contributed by atoms with E-state index in [2.05, 4.69) is 0 Å². The van der Waals surface area contributed by atoms with Crippen LogP contribution in [0.1, 0.15) is 11.1 Å². The molecule has 0 fully saturated rings. The fraction of sp³-hybridized carbons (Fsp3) is 0.143. The van der Waals surface area contributed by atoms with Gasteiger partial charge in [-0.3, -0.25) is 0 Å². The van der Waals surface area contributed by atoms with Gasteiger partial charge in [-0.2, -0.15) is 0 Å². The third-order valence-electron chi connectivity index (χ3n) is 2.47. The molecule has 2 rings (SSSR count). The molecule has 0 aliphatic carbocycles. The molecule has 0 N–H and O–H groups in total. The van der Waals surface area contributed by atoms with Crippen LogP contribution >= 0.6 is 11.6 Å². The van der Waals surface area contributed by atoms with Crippen LogP contribution in [0, 0.1) is 18.6 Å². The van der Waals surface area contributed by atoms with Crippen molar-refractivity contribution in [3.63, 3.8) is 0 Å². The van der Waals surface area contributed by atoms with Crippen LogP contribution in [0.4, 0.5) is 8.78 Å². The number of hydrogen-bond donors (Lipinski definition) is 0. The maximum absolute atomic E-state index is 13.5. The average Bonchev–Trinajstić information content (AvgIpc) is 2.34. The maximum atomic E-state index is 13.5. The molecule has 18 heavy (non-hydrogen) atoms. The van der Waals surface area contributed by atoms with Crippen molar-refractivity contribution in [2.24, 2.45) is 0 Å². The smallest absolute Gasteiger partial charge is 0.168 e.